The van der Waals surface area contributed by atoms with Crippen molar-refractivity contribution in [2.45, 2.75) is 12.7 Å². The minimum Gasteiger partial charge on any atom is -0.416 e. The summed E-state index contributed by atoms with van der Waals surface area (Å²) in [6.45, 7) is -0.104. The quantitative estimate of drug-likeness (QED) is 0.414. The van der Waals surface area contributed by atoms with Crippen molar-refractivity contribution in [3.05, 3.63) is 89.9 Å². The van der Waals surface area contributed by atoms with Crippen molar-refractivity contribution in [3.8, 4) is 22.9 Å². The summed E-state index contributed by atoms with van der Waals surface area (Å²) in [4.78, 5) is 12.5. The number of rotatable bonds is 5. The largest absolute Gasteiger partial charge is 0.417 e. The van der Waals surface area contributed by atoms with E-state index in [0.717, 1.165) is 17.8 Å². The second-order valence-electron chi connectivity index (χ2n) is 7.30. The van der Waals surface area contributed by atoms with Gasteiger partial charge in [-0.2, -0.15) is 13.2 Å². The number of halogens is 3. The number of hydrogen-bond donors (Lipinski definition) is 1. The van der Waals surface area contributed by atoms with Crippen molar-refractivity contribution < 1.29 is 22.4 Å². The molecule has 11 heteroatoms. The van der Waals surface area contributed by atoms with E-state index in [1.807, 2.05) is 30.3 Å². The highest BCUT2D eigenvalue weighted by Crippen LogP contribution is 2.29. The Hall–Kier alpha value is -4.54. The Bertz CT molecular complexity index is 1460. The lowest BCUT2D eigenvalue weighted by atomic mass is 10.1. The molecule has 0 saturated heterocycles. The van der Waals surface area contributed by atoms with Gasteiger partial charge in [-0.15, -0.1) is 20.4 Å². The predicted octanol–water partition coefficient (Wildman–Crippen LogP) is 4.40. The molecule has 5 aromatic rings. The average Bonchev–Trinajstić information content (AvgIpc) is 3.50. The molecule has 0 aliphatic heterocycles. The van der Waals surface area contributed by atoms with E-state index in [2.05, 4.69) is 25.7 Å². The number of aromatic nitrogens is 5. The first-order valence-corrected chi connectivity index (χ1v) is 10.1. The topological polar surface area (TPSA) is 98.2 Å². The molecular formula is C23H15F3N6O2. The smallest absolute Gasteiger partial charge is 0.416 e. The molecule has 5 rings (SSSR count). The predicted molar refractivity (Wildman–Crippen MR) is 114 cm³/mol. The SMILES string of the molecule is O=C(NCc1nnc2ccc(C(F)(F)F)cn12)c1ccc(-c2nnc(-c3ccccc3)o2)cc1. The summed E-state index contributed by atoms with van der Waals surface area (Å²) in [6.07, 6.45) is -3.60. The van der Waals surface area contributed by atoms with Crippen molar-refractivity contribution in [2.24, 2.45) is 0 Å². The second kappa shape index (κ2) is 8.43. The molecule has 0 aliphatic rings. The van der Waals surface area contributed by atoms with Gasteiger partial charge in [0, 0.05) is 22.9 Å². The molecule has 0 radical (unpaired) electrons. The number of nitrogens with zero attached hydrogens (tertiary/aromatic N) is 5. The summed E-state index contributed by atoms with van der Waals surface area (Å²) in [6, 6.07) is 18.0. The van der Waals surface area contributed by atoms with Crippen LogP contribution in [0.15, 0.2) is 77.3 Å². The summed E-state index contributed by atoms with van der Waals surface area (Å²) in [7, 11) is 0. The first kappa shape index (κ1) is 21.3. The van der Waals surface area contributed by atoms with Crippen LogP contribution in [-0.4, -0.2) is 30.7 Å². The zero-order valence-electron chi connectivity index (χ0n) is 17.3. The Balaban J connectivity index is 1.28. The molecule has 34 heavy (non-hydrogen) atoms. The molecule has 2 aromatic carbocycles. The van der Waals surface area contributed by atoms with Gasteiger partial charge >= 0.3 is 6.18 Å². The van der Waals surface area contributed by atoms with E-state index >= 15 is 0 Å². The van der Waals surface area contributed by atoms with Crippen molar-refractivity contribution >= 4 is 11.6 Å². The Morgan fingerprint density at radius 2 is 1.53 bits per heavy atom. The fourth-order valence-electron chi connectivity index (χ4n) is 3.29. The third-order valence-electron chi connectivity index (χ3n) is 5.05. The Morgan fingerprint density at radius 1 is 0.853 bits per heavy atom. The maximum absolute atomic E-state index is 13.0. The molecule has 0 unspecified atom stereocenters. The molecular weight excluding hydrogens is 449 g/mol. The van der Waals surface area contributed by atoms with Crippen LogP contribution in [0.5, 0.6) is 0 Å². The third kappa shape index (κ3) is 4.22. The highest BCUT2D eigenvalue weighted by atomic mass is 19.4. The Kier molecular flexibility index (Phi) is 5.28. The second-order valence-corrected chi connectivity index (χ2v) is 7.30. The van der Waals surface area contributed by atoms with E-state index in [-0.39, 0.29) is 18.0 Å². The monoisotopic (exact) mass is 464 g/mol. The third-order valence-corrected chi connectivity index (χ3v) is 5.05. The van der Waals surface area contributed by atoms with Gasteiger partial charge in [0.2, 0.25) is 11.8 Å². The van der Waals surface area contributed by atoms with E-state index in [4.69, 9.17) is 4.42 Å². The summed E-state index contributed by atoms with van der Waals surface area (Å²) in [5.41, 5.74) is 1.18. The van der Waals surface area contributed by atoms with Crippen LogP contribution in [0.25, 0.3) is 28.6 Å². The number of hydrogen-bond acceptors (Lipinski definition) is 6. The van der Waals surface area contributed by atoms with E-state index < -0.39 is 17.6 Å². The number of carbonyl (C=O) groups excluding carboxylic acids is 1. The lowest BCUT2D eigenvalue weighted by molar-refractivity contribution is -0.137. The summed E-state index contributed by atoms with van der Waals surface area (Å²) >= 11 is 0. The van der Waals surface area contributed by atoms with Crippen LogP contribution in [0.1, 0.15) is 21.7 Å². The fourth-order valence-corrected chi connectivity index (χ4v) is 3.29. The molecule has 3 heterocycles. The summed E-state index contributed by atoms with van der Waals surface area (Å²) < 4.78 is 45.9. The molecule has 0 saturated carbocycles. The number of amides is 1. The van der Waals surface area contributed by atoms with Gasteiger partial charge in [0.25, 0.3) is 5.91 Å². The molecule has 170 valence electrons. The molecule has 0 aliphatic carbocycles. The van der Waals surface area contributed by atoms with Crippen molar-refractivity contribution in [3.63, 3.8) is 0 Å². The molecule has 1 amide bonds. The van der Waals surface area contributed by atoms with Gasteiger partial charge in [-0.25, -0.2) is 0 Å². The number of pyridine rings is 1. The molecule has 8 nitrogen and oxygen atoms in total. The maximum atomic E-state index is 13.0. The van der Waals surface area contributed by atoms with Gasteiger partial charge in [0.05, 0.1) is 12.1 Å². The minimum absolute atomic E-state index is 0.104. The molecule has 3 aromatic heterocycles. The van der Waals surface area contributed by atoms with Gasteiger partial charge < -0.3 is 9.73 Å². The van der Waals surface area contributed by atoms with Crippen LogP contribution < -0.4 is 5.32 Å². The number of fused-ring (bicyclic) bond motifs is 1. The molecule has 0 spiro atoms. The zero-order chi connectivity index (χ0) is 23.7. The Morgan fingerprint density at radius 3 is 2.21 bits per heavy atom. The van der Waals surface area contributed by atoms with Crippen LogP contribution in [0, 0.1) is 0 Å². The van der Waals surface area contributed by atoms with E-state index in [9.17, 15) is 18.0 Å². The fraction of sp³-hybridized carbons (Fsp3) is 0.0870. The normalized spacial score (nSPS) is 11.6. The van der Waals surface area contributed by atoms with Crippen LogP contribution in [0.3, 0.4) is 0 Å². The van der Waals surface area contributed by atoms with Crippen LogP contribution in [0.2, 0.25) is 0 Å². The van der Waals surface area contributed by atoms with Gasteiger partial charge in [-0.1, -0.05) is 18.2 Å². The van der Waals surface area contributed by atoms with E-state index in [0.29, 0.717) is 22.9 Å². The van der Waals surface area contributed by atoms with Crippen molar-refractivity contribution in [1.82, 2.24) is 30.1 Å². The molecule has 0 atom stereocenters. The Labute approximate surface area is 190 Å². The maximum Gasteiger partial charge on any atom is 0.417 e. The first-order chi connectivity index (χ1) is 16.4. The van der Waals surface area contributed by atoms with Crippen molar-refractivity contribution in [2.75, 3.05) is 0 Å². The lowest BCUT2D eigenvalue weighted by Gasteiger charge is -2.08. The van der Waals surface area contributed by atoms with Gasteiger partial charge in [-0.05, 0) is 48.5 Å². The zero-order valence-corrected chi connectivity index (χ0v) is 17.3. The highest BCUT2D eigenvalue weighted by molar-refractivity contribution is 5.94. The first-order valence-electron chi connectivity index (χ1n) is 10.1. The van der Waals surface area contributed by atoms with E-state index in [1.165, 1.54) is 10.5 Å². The molecule has 0 bridgehead atoms. The van der Waals surface area contributed by atoms with Gasteiger partial charge in [-0.3, -0.25) is 9.20 Å². The van der Waals surface area contributed by atoms with Gasteiger partial charge in [0.15, 0.2) is 11.5 Å². The lowest BCUT2D eigenvalue weighted by Crippen LogP contribution is -2.24. The van der Waals surface area contributed by atoms with Crippen LogP contribution >= 0.6 is 0 Å². The number of benzene rings is 2. The van der Waals surface area contributed by atoms with Gasteiger partial charge in [0.1, 0.15) is 0 Å². The molecule has 0 fully saturated rings. The standard InChI is InChI=1S/C23H15F3N6O2/c24-23(25,26)17-10-11-18-28-29-19(32(18)13-17)12-27-20(33)14-6-8-16(9-7-14)22-31-30-21(34-22)15-4-2-1-3-5-15/h1-11,13H,12H2,(H,27,33). The van der Waals surface area contributed by atoms with E-state index in [1.54, 1.807) is 24.3 Å². The number of carbonyl (C=O) groups is 1. The van der Waals surface area contributed by atoms with Crippen LogP contribution in [0.4, 0.5) is 13.2 Å². The minimum atomic E-state index is -4.50. The highest BCUT2D eigenvalue weighted by Gasteiger charge is 2.31. The van der Waals surface area contributed by atoms with Crippen molar-refractivity contribution in [1.29, 1.82) is 0 Å². The number of alkyl halides is 3. The van der Waals surface area contributed by atoms with Crippen LogP contribution in [-0.2, 0) is 12.7 Å². The average molecular weight is 464 g/mol. The summed E-state index contributed by atoms with van der Waals surface area (Å²) in [5, 5.41) is 18.4. The summed E-state index contributed by atoms with van der Waals surface area (Å²) in [5.74, 6) is 0.434. The number of nitrogens with one attached hydrogen (secondary N) is 1. The molecule has 1 N–H and O–H groups in total.